The van der Waals surface area contributed by atoms with E-state index >= 15 is 0 Å². The molecule has 9 nitrogen and oxygen atoms in total. The maximum atomic E-state index is 13.2. The molecule has 0 aliphatic carbocycles. The number of rotatable bonds is 10. The van der Waals surface area contributed by atoms with Crippen molar-refractivity contribution in [3.05, 3.63) is 81.4 Å². The minimum atomic E-state index is -0.117. The summed E-state index contributed by atoms with van der Waals surface area (Å²) in [6.45, 7) is 6.59. The lowest BCUT2D eigenvalue weighted by Crippen LogP contribution is -2.33. The number of ether oxygens (including phenoxy) is 2. The number of hydrogen-bond donors (Lipinski definition) is 1. The van der Waals surface area contributed by atoms with Crippen molar-refractivity contribution in [1.29, 1.82) is 0 Å². The first-order chi connectivity index (χ1) is 18.1. The number of methoxy groups -OCH3 is 1. The molecule has 2 atom stereocenters. The van der Waals surface area contributed by atoms with E-state index in [4.69, 9.17) is 9.47 Å². The van der Waals surface area contributed by atoms with Gasteiger partial charge in [-0.05, 0) is 66.3 Å². The fourth-order valence-electron chi connectivity index (χ4n) is 5.20. The monoisotopic (exact) mass is 502 g/mol. The van der Waals surface area contributed by atoms with Crippen molar-refractivity contribution in [1.82, 2.24) is 30.1 Å². The Balaban J connectivity index is 1.52. The summed E-state index contributed by atoms with van der Waals surface area (Å²) in [4.78, 5) is 18.5. The van der Waals surface area contributed by atoms with E-state index in [-0.39, 0.29) is 17.7 Å². The van der Waals surface area contributed by atoms with Crippen molar-refractivity contribution in [2.75, 3.05) is 13.7 Å². The van der Waals surface area contributed by atoms with E-state index in [0.717, 1.165) is 59.5 Å². The standard InChI is InChI=1S/C28H34N6O3/c1-4-25(27-30-31-32-34(27)18-23-9-7-13-37-23)33(16-20-8-5-6-10-26(20)36-3)17-22-15-21-14-19(2)11-12-24(21)29-28(22)35/h5-6,8,10-12,14-15,23,25H,4,7,9,13,16-18H2,1-3H3,(H,29,35)/t23-,25+/m1/s1. The summed E-state index contributed by atoms with van der Waals surface area (Å²) in [5, 5.41) is 13.8. The highest BCUT2D eigenvalue weighted by Crippen LogP contribution is 2.29. The van der Waals surface area contributed by atoms with E-state index < -0.39 is 0 Å². The van der Waals surface area contributed by atoms with E-state index in [1.807, 2.05) is 41.1 Å². The zero-order valence-electron chi connectivity index (χ0n) is 21.7. The van der Waals surface area contributed by atoms with Gasteiger partial charge in [-0.2, -0.15) is 0 Å². The van der Waals surface area contributed by atoms with Gasteiger partial charge in [0.25, 0.3) is 5.56 Å². The van der Waals surface area contributed by atoms with Crippen molar-refractivity contribution in [2.45, 2.75) is 64.9 Å². The second kappa shape index (κ2) is 11.2. The van der Waals surface area contributed by atoms with Crippen molar-refractivity contribution in [2.24, 2.45) is 0 Å². The second-order valence-corrected chi connectivity index (χ2v) is 9.71. The largest absolute Gasteiger partial charge is 0.496 e. The van der Waals surface area contributed by atoms with Crippen LogP contribution in [0.3, 0.4) is 0 Å². The van der Waals surface area contributed by atoms with E-state index in [2.05, 4.69) is 51.4 Å². The molecule has 9 heteroatoms. The zero-order valence-corrected chi connectivity index (χ0v) is 21.7. The van der Waals surface area contributed by atoms with Crippen molar-refractivity contribution < 1.29 is 9.47 Å². The van der Waals surface area contributed by atoms with Gasteiger partial charge in [0.05, 0.1) is 25.8 Å². The molecule has 1 aliphatic heterocycles. The predicted octanol–water partition coefficient (Wildman–Crippen LogP) is 4.16. The summed E-state index contributed by atoms with van der Waals surface area (Å²) in [7, 11) is 1.68. The van der Waals surface area contributed by atoms with Crippen LogP contribution in [-0.4, -0.2) is 49.9 Å². The Kier molecular flexibility index (Phi) is 7.62. The number of aromatic nitrogens is 5. The fourth-order valence-corrected chi connectivity index (χ4v) is 5.20. The van der Waals surface area contributed by atoms with Crippen LogP contribution in [0.5, 0.6) is 5.75 Å². The number of benzene rings is 2. The Morgan fingerprint density at radius 2 is 2.03 bits per heavy atom. The number of tetrazole rings is 1. The molecule has 0 saturated carbocycles. The highest BCUT2D eigenvalue weighted by atomic mass is 16.5. The Morgan fingerprint density at radius 1 is 1.19 bits per heavy atom. The van der Waals surface area contributed by atoms with Gasteiger partial charge in [-0.1, -0.05) is 36.8 Å². The number of fused-ring (bicyclic) bond motifs is 1. The number of pyridine rings is 1. The van der Waals surface area contributed by atoms with Crippen molar-refractivity contribution in [3.8, 4) is 5.75 Å². The second-order valence-electron chi connectivity index (χ2n) is 9.71. The van der Waals surface area contributed by atoms with Crippen LogP contribution in [0, 0.1) is 6.92 Å². The lowest BCUT2D eigenvalue weighted by Gasteiger charge is -2.31. The molecular weight excluding hydrogens is 468 g/mol. The average Bonchev–Trinajstić information content (AvgIpc) is 3.58. The molecule has 4 aromatic rings. The summed E-state index contributed by atoms with van der Waals surface area (Å²) in [5.41, 5.74) is 3.63. The summed E-state index contributed by atoms with van der Waals surface area (Å²) in [6.07, 6.45) is 2.95. The van der Waals surface area contributed by atoms with Crippen LogP contribution in [-0.2, 0) is 24.4 Å². The fraction of sp³-hybridized carbons (Fsp3) is 0.429. The van der Waals surface area contributed by atoms with Crippen LogP contribution in [0.2, 0.25) is 0 Å². The molecule has 3 heterocycles. The van der Waals surface area contributed by atoms with Crippen LogP contribution < -0.4 is 10.3 Å². The zero-order chi connectivity index (χ0) is 25.8. The molecule has 1 N–H and O–H groups in total. The Hall–Kier alpha value is -3.56. The van der Waals surface area contributed by atoms with Gasteiger partial charge in [-0.25, -0.2) is 4.68 Å². The number of para-hydroxylation sites is 1. The Morgan fingerprint density at radius 3 is 2.81 bits per heavy atom. The molecule has 194 valence electrons. The molecule has 37 heavy (non-hydrogen) atoms. The smallest absolute Gasteiger partial charge is 0.252 e. The summed E-state index contributed by atoms with van der Waals surface area (Å²) >= 11 is 0. The minimum Gasteiger partial charge on any atom is -0.496 e. The normalized spacial score (nSPS) is 16.5. The molecule has 0 bridgehead atoms. The number of nitrogens with one attached hydrogen (secondary N) is 1. The third-order valence-corrected chi connectivity index (χ3v) is 7.10. The topological polar surface area (TPSA) is 98.2 Å². The molecule has 2 aromatic carbocycles. The van der Waals surface area contributed by atoms with Gasteiger partial charge in [-0.15, -0.1) is 5.10 Å². The predicted molar refractivity (Wildman–Crippen MR) is 141 cm³/mol. The average molecular weight is 503 g/mol. The minimum absolute atomic E-state index is 0.0878. The van der Waals surface area contributed by atoms with Gasteiger partial charge in [-0.3, -0.25) is 9.69 Å². The highest BCUT2D eigenvalue weighted by molar-refractivity contribution is 5.79. The SMILES string of the molecule is CC[C@@H](c1nnnn1C[C@H]1CCCO1)N(Cc1ccccc1OC)Cc1cc2cc(C)ccc2[nH]c1=O. The van der Waals surface area contributed by atoms with E-state index in [1.54, 1.807) is 7.11 Å². The summed E-state index contributed by atoms with van der Waals surface area (Å²) < 4.78 is 13.4. The molecule has 0 unspecified atom stereocenters. The molecule has 1 aliphatic rings. The Labute approximate surface area is 216 Å². The lowest BCUT2D eigenvalue weighted by atomic mass is 10.1. The molecule has 1 saturated heterocycles. The van der Waals surface area contributed by atoms with Gasteiger partial charge in [0.1, 0.15) is 5.75 Å². The van der Waals surface area contributed by atoms with Crippen LogP contribution >= 0.6 is 0 Å². The highest BCUT2D eigenvalue weighted by Gasteiger charge is 2.28. The van der Waals surface area contributed by atoms with Crippen LogP contribution in [0.1, 0.15) is 54.7 Å². The number of hydrogen-bond acceptors (Lipinski definition) is 7. The van der Waals surface area contributed by atoms with Crippen LogP contribution in [0.25, 0.3) is 10.9 Å². The molecule has 5 rings (SSSR count). The van der Waals surface area contributed by atoms with E-state index in [9.17, 15) is 4.79 Å². The molecule has 1 fully saturated rings. The maximum absolute atomic E-state index is 13.2. The molecule has 0 amide bonds. The first-order valence-corrected chi connectivity index (χ1v) is 12.9. The lowest BCUT2D eigenvalue weighted by molar-refractivity contribution is 0.0887. The van der Waals surface area contributed by atoms with Gasteiger partial charge < -0.3 is 14.5 Å². The molecule has 0 spiro atoms. The maximum Gasteiger partial charge on any atom is 0.252 e. The van der Waals surface area contributed by atoms with Crippen molar-refractivity contribution in [3.63, 3.8) is 0 Å². The van der Waals surface area contributed by atoms with Crippen LogP contribution in [0.4, 0.5) is 0 Å². The first-order valence-electron chi connectivity index (χ1n) is 12.9. The number of aryl methyl sites for hydroxylation is 1. The van der Waals surface area contributed by atoms with Crippen LogP contribution in [0.15, 0.2) is 53.3 Å². The number of nitrogens with zero attached hydrogens (tertiary/aromatic N) is 5. The van der Waals surface area contributed by atoms with Crippen molar-refractivity contribution >= 4 is 10.9 Å². The number of H-pyrrole nitrogens is 1. The quantitative estimate of drug-likeness (QED) is 0.348. The summed E-state index contributed by atoms with van der Waals surface area (Å²) in [6, 6.07) is 15.9. The molecular formula is C28H34N6O3. The van der Waals surface area contributed by atoms with E-state index in [1.165, 1.54) is 0 Å². The third-order valence-electron chi connectivity index (χ3n) is 7.10. The van der Waals surface area contributed by atoms with Gasteiger partial charge in [0.15, 0.2) is 5.82 Å². The van der Waals surface area contributed by atoms with Gasteiger partial charge in [0, 0.05) is 36.3 Å². The molecule has 0 radical (unpaired) electrons. The van der Waals surface area contributed by atoms with Gasteiger partial charge >= 0.3 is 0 Å². The molecule has 2 aromatic heterocycles. The van der Waals surface area contributed by atoms with E-state index in [0.29, 0.717) is 25.2 Å². The first kappa shape index (κ1) is 25.1. The van der Waals surface area contributed by atoms with Gasteiger partial charge in [0.2, 0.25) is 0 Å². The number of aromatic amines is 1. The third kappa shape index (κ3) is 5.57. The Bertz CT molecular complexity index is 1410. The summed E-state index contributed by atoms with van der Waals surface area (Å²) in [5.74, 6) is 1.59.